The molecule has 0 radical (unpaired) electrons. The summed E-state index contributed by atoms with van der Waals surface area (Å²) in [6.45, 7) is 6.69. The Hall–Kier alpha value is -2.37. The third kappa shape index (κ3) is 70.3. The van der Waals surface area contributed by atoms with E-state index in [-0.39, 0.29) is 31.1 Å². The molecule has 1 unspecified atom stereocenters. The minimum absolute atomic E-state index is 0.0702. The number of ether oxygens (including phenoxy) is 3. The Morgan fingerprint density at radius 1 is 0.241 bits per heavy atom. The van der Waals surface area contributed by atoms with Crippen LogP contribution in [-0.4, -0.2) is 37.2 Å². The van der Waals surface area contributed by atoms with Gasteiger partial charge in [0.1, 0.15) is 13.2 Å². The second-order valence-electron chi connectivity index (χ2n) is 25.6. The van der Waals surface area contributed by atoms with Gasteiger partial charge in [0, 0.05) is 19.3 Å². The van der Waals surface area contributed by atoms with Crippen LogP contribution in [0.3, 0.4) is 0 Å². The summed E-state index contributed by atoms with van der Waals surface area (Å²) < 4.78 is 17.0. The molecule has 488 valence electrons. The summed E-state index contributed by atoms with van der Waals surface area (Å²) in [7, 11) is 0. The fourth-order valence-corrected chi connectivity index (χ4v) is 11.5. The molecular weight excluding hydrogens is 1020 g/mol. The quantitative estimate of drug-likeness (QED) is 0.0261. The van der Waals surface area contributed by atoms with Crippen molar-refractivity contribution in [1.29, 1.82) is 0 Å². The topological polar surface area (TPSA) is 78.9 Å². The highest BCUT2D eigenvalue weighted by molar-refractivity contribution is 5.71. The van der Waals surface area contributed by atoms with E-state index in [1.807, 2.05) is 0 Å². The number of unbranched alkanes of at least 4 members (excludes halogenated alkanes) is 53. The molecule has 0 aliphatic carbocycles. The van der Waals surface area contributed by atoms with Crippen LogP contribution in [0.1, 0.15) is 419 Å². The van der Waals surface area contributed by atoms with Crippen molar-refractivity contribution in [2.45, 2.75) is 425 Å². The van der Waals surface area contributed by atoms with Gasteiger partial charge in [-0.3, -0.25) is 14.4 Å². The van der Waals surface area contributed by atoms with Gasteiger partial charge < -0.3 is 14.2 Å². The van der Waals surface area contributed by atoms with Gasteiger partial charge in [0.25, 0.3) is 0 Å². The predicted molar refractivity (Wildman–Crippen MR) is 362 cm³/mol. The van der Waals surface area contributed by atoms with Gasteiger partial charge >= 0.3 is 17.9 Å². The lowest BCUT2D eigenvalue weighted by Gasteiger charge is -2.18. The number of hydrogen-bond acceptors (Lipinski definition) is 6. The van der Waals surface area contributed by atoms with Crippen LogP contribution < -0.4 is 0 Å². The van der Waals surface area contributed by atoms with Crippen LogP contribution >= 0.6 is 0 Å². The smallest absolute Gasteiger partial charge is 0.306 e. The lowest BCUT2D eigenvalue weighted by Crippen LogP contribution is -2.30. The fourth-order valence-electron chi connectivity index (χ4n) is 11.5. The summed E-state index contributed by atoms with van der Waals surface area (Å²) in [4.78, 5) is 38.5. The molecule has 6 nitrogen and oxygen atoms in total. The molecule has 0 rings (SSSR count). The molecule has 0 aromatic heterocycles. The highest BCUT2D eigenvalue weighted by Gasteiger charge is 2.20. The summed E-state index contributed by atoms with van der Waals surface area (Å²) in [5, 5.41) is 0. The number of esters is 3. The first-order valence-corrected chi connectivity index (χ1v) is 37.5. The average molecular weight is 1170 g/mol. The van der Waals surface area contributed by atoms with E-state index in [4.69, 9.17) is 14.2 Å². The molecule has 0 aromatic rings. The molecule has 0 saturated heterocycles. The van der Waals surface area contributed by atoms with Crippen LogP contribution in [-0.2, 0) is 28.6 Å². The molecule has 0 spiro atoms. The lowest BCUT2D eigenvalue weighted by atomic mass is 10.0. The maximum Gasteiger partial charge on any atom is 0.306 e. The predicted octanol–water partition coefficient (Wildman–Crippen LogP) is 25.9. The summed E-state index contributed by atoms with van der Waals surface area (Å²) in [6.07, 6.45) is 90.4. The SMILES string of the molecule is CCCCC/C=C\C/C=C\CCCCCCCCCCCC(=O)OC(COC(=O)CCCCCCCCC/C=C\CCCCCCCCC)COC(=O)CCCCCCCCCCCCCCCCCCCCCCCCCCCCCC. The Morgan fingerprint density at radius 2 is 0.434 bits per heavy atom. The highest BCUT2D eigenvalue weighted by Crippen LogP contribution is 2.19. The normalized spacial score (nSPS) is 12.2. The third-order valence-electron chi connectivity index (χ3n) is 17.1. The largest absolute Gasteiger partial charge is 0.462 e. The summed E-state index contributed by atoms with van der Waals surface area (Å²) >= 11 is 0. The first-order chi connectivity index (χ1) is 41.0. The van der Waals surface area contributed by atoms with Crippen LogP contribution in [0.4, 0.5) is 0 Å². The van der Waals surface area contributed by atoms with Crippen molar-refractivity contribution in [1.82, 2.24) is 0 Å². The van der Waals surface area contributed by atoms with E-state index in [2.05, 4.69) is 57.2 Å². The monoisotopic (exact) mass is 1170 g/mol. The van der Waals surface area contributed by atoms with Crippen LogP contribution in [0.25, 0.3) is 0 Å². The van der Waals surface area contributed by atoms with Crippen LogP contribution in [0, 0.1) is 0 Å². The van der Waals surface area contributed by atoms with Crippen molar-refractivity contribution in [3.63, 3.8) is 0 Å². The minimum Gasteiger partial charge on any atom is -0.462 e. The average Bonchev–Trinajstić information content (AvgIpc) is 3.50. The maximum atomic E-state index is 13.0. The first kappa shape index (κ1) is 80.6. The van der Waals surface area contributed by atoms with Gasteiger partial charge in [-0.2, -0.15) is 0 Å². The van der Waals surface area contributed by atoms with Crippen molar-refractivity contribution in [2.75, 3.05) is 13.2 Å². The van der Waals surface area contributed by atoms with Crippen molar-refractivity contribution in [3.05, 3.63) is 36.5 Å². The Balaban J connectivity index is 4.25. The van der Waals surface area contributed by atoms with Crippen molar-refractivity contribution < 1.29 is 28.6 Å². The van der Waals surface area contributed by atoms with Crippen LogP contribution in [0.5, 0.6) is 0 Å². The van der Waals surface area contributed by atoms with Gasteiger partial charge in [-0.15, -0.1) is 0 Å². The van der Waals surface area contributed by atoms with E-state index < -0.39 is 6.10 Å². The van der Waals surface area contributed by atoms with Gasteiger partial charge in [-0.25, -0.2) is 0 Å². The van der Waals surface area contributed by atoms with E-state index >= 15 is 0 Å². The molecule has 1 atom stereocenters. The number of carbonyl (C=O) groups excluding carboxylic acids is 3. The summed E-state index contributed by atoms with van der Waals surface area (Å²) in [6, 6.07) is 0. The van der Waals surface area contributed by atoms with E-state index in [0.29, 0.717) is 19.3 Å². The zero-order valence-corrected chi connectivity index (χ0v) is 56.2. The third-order valence-corrected chi connectivity index (χ3v) is 17.1. The molecule has 0 aliphatic rings. The molecule has 83 heavy (non-hydrogen) atoms. The van der Waals surface area contributed by atoms with E-state index in [1.165, 1.54) is 315 Å². The fraction of sp³-hybridized carbons (Fsp3) is 0.883. The number of hydrogen-bond donors (Lipinski definition) is 0. The van der Waals surface area contributed by atoms with Crippen molar-refractivity contribution in [2.24, 2.45) is 0 Å². The molecular formula is C77H144O6. The Morgan fingerprint density at radius 3 is 0.699 bits per heavy atom. The number of allylic oxidation sites excluding steroid dienone is 6. The van der Waals surface area contributed by atoms with Gasteiger partial charge in [0.15, 0.2) is 6.10 Å². The van der Waals surface area contributed by atoms with Crippen molar-refractivity contribution >= 4 is 17.9 Å². The first-order valence-electron chi connectivity index (χ1n) is 37.5. The zero-order valence-electron chi connectivity index (χ0n) is 56.2. The zero-order chi connectivity index (χ0) is 59.9. The molecule has 0 saturated carbocycles. The van der Waals surface area contributed by atoms with Crippen LogP contribution in [0.15, 0.2) is 36.5 Å². The molecule has 0 heterocycles. The molecule has 0 amide bonds. The molecule has 0 N–H and O–H groups in total. The minimum atomic E-state index is -0.776. The number of carbonyl (C=O) groups is 3. The Kier molecular flexibility index (Phi) is 70.0. The van der Waals surface area contributed by atoms with Gasteiger partial charge in [-0.05, 0) is 77.0 Å². The Bertz CT molecular complexity index is 1380. The van der Waals surface area contributed by atoms with Crippen LogP contribution in [0.2, 0.25) is 0 Å². The molecule has 0 aliphatic heterocycles. The molecule has 6 heteroatoms. The van der Waals surface area contributed by atoms with Crippen molar-refractivity contribution in [3.8, 4) is 0 Å². The second kappa shape index (κ2) is 72.1. The second-order valence-corrected chi connectivity index (χ2v) is 25.6. The van der Waals surface area contributed by atoms with E-state index in [0.717, 1.165) is 64.2 Å². The van der Waals surface area contributed by atoms with Gasteiger partial charge in [-0.1, -0.05) is 359 Å². The van der Waals surface area contributed by atoms with Gasteiger partial charge in [0.05, 0.1) is 0 Å². The summed E-state index contributed by atoms with van der Waals surface area (Å²) in [5.41, 5.74) is 0. The summed E-state index contributed by atoms with van der Waals surface area (Å²) in [5.74, 6) is -0.847. The molecule has 0 fully saturated rings. The van der Waals surface area contributed by atoms with E-state index in [1.54, 1.807) is 0 Å². The maximum absolute atomic E-state index is 13.0. The van der Waals surface area contributed by atoms with Gasteiger partial charge in [0.2, 0.25) is 0 Å². The lowest BCUT2D eigenvalue weighted by molar-refractivity contribution is -0.167. The number of rotatable bonds is 70. The standard InChI is InChI=1S/C77H144O6/c1-4-7-10-13-16-19-22-25-28-31-34-35-36-37-38-39-40-41-42-44-46-49-52-55-58-61-64-67-70-76(79)82-73-74(72-81-75(78)69-66-63-60-57-54-51-48-45-33-30-27-24-21-18-15-12-9-6-3)83-77(80)71-68-65-62-59-56-53-50-47-43-32-29-26-23-20-17-14-11-8-5-2/h17,20,26,29-30,33,74H,4-16,18-19,21-25,27-28,31-32,34-73H2,1-3H3/b20-17-,29-26-,33-30-. The highest BCUT2D eigenvalue weighted by atomic mass is 16.6. The van der Waals surface area contributed by atoms with E-state index in [9.17, 15) is 14.4 Å². The molecule has 0 aromatic carbocycles. The molecule has 0 bridgehead atoms. The Labute approximate surface area is 518 Å².